The van der Waals surface area contributed by atoms with E-state index in [0.717, 1.165) is 25.7 Å². The third-order valence-corrected chi connectivity index (χ3v) is 4.87. The van der Waals surface area contributed by atoms with Crippen molar-refractivity contribution in [3.8, 4) is 0 Å². The Morgan fingerprint density at radius 1 is 1.26 bits per heavy atom. The second-order valence-corrected chi connectivity index (χ2v) is 7.58. The maximum atomic E-state index is 12.2. The van der Waals surface area contributed by atoms with Crippen LogP contribution in [0.5, 0.6) is 0 Å². The fourth-order valence-electron chi connectivity index (χ4n) is 3.05. The van der Waals surface area contributed by atoms with E-state index < -0.39 is 10.9 Å². The van der Waals surface area contributed by atoms with Gasteiger partial charge in [-0.3, -0.25) is 10.1 Å². The topological polar surface area (TPSA) is 69.4 Å². The maximum Gasteiger partial charge on any atom is 0.338 e. The predicted molar refractivity (Wildman–Crippen MR) is 88.7 cm³/mol. The molecule has 0 amide bonds. The van der Waals surface area contributed by atoms with Gasteiger partial charge in [0.05, 0.1) is 10.5 Å². The summed E-state index contributed by atoms with van der Waals surface area (Å²) >= 11 is 5.75. The van der Waals surface area contributed by atoms with E-state index in [1.54, 1.807) is 0 Å². The smallest absolute Gasteiger partial charge is 0.338 e. The molecule has 1 aliphatic rings. The number of benzene rings is 1. The molecule has 0 aliphatic heterocycles. The van der Waals surface area contributed by atoms with Crippen molar-refractivity contribution in [3.05, 3.63) is 38.9 Å². The minimum absolute atomic E-state index is 0.0113. The number of ether oxygens (including phenoxy) is 1. The van der Waals surface area contributed by atoms with Crippen LogP contribution in [0.15, 0.2) is 18.2 Å². The lowest BCUT2D eigenvalue weighted by Gasteiger charge is -2.36. The van der Waals surface area contributed by atoms with Gasteiger partial charge in [-0.15, -0.1) is 0 Å². The van der Waals surface area contributed by atoms with E-state index >= 15 is 0 Å². The zero-order valence-corrected chi connectivity index (χ0v) is 14.4. The Labute approximate surface area is 141 Å². The zero-order chi connectivity index (χ0) is 17.2. The fraction of sp³-hybridized carbons (Fsp3) is 0.588. The van der Waals surface area contributed by atoms with E-state index in [4.69, 9.17) is 16.3 Å². The fourth-order valence-corrected chi connectivity index (χ4v) is 3.23. The number of carbonyl (C=O) groups excluding carboxylic acids is 1. The van der Waals surface area contributed by atoms with Gasteiger partial charge in [0, 0.05) is 6.07 Å². The van der Waals surface area contributed by atoms with Crippen LogP contribution in [0.1, 0.15) is 56.8 Å². The molecule has 0 heterocycles. The number of nitro benzene ring substituents is 1. The van der Waals surface area contributed by atoms with Gasteiger partial charge in [0.15, 0.2) is 0 Å². The normalized spacial score (nSPS) is 21.7. The quantitative estimate of drug-likeness (QED) is 0.441. The summed E-state index contributed by atoms with van der Waals surface area (Å²) < 4.78 is 5.51. The highest BCUT2D eigenvalue weighted by Crippen LogP contribution is 2.38. The number of rotatable bonds is 3. The molecule has 0 aromatic heterocycles. The van der Waals surface area contributed by atoms with Crippen LogP contribution < -0.4 is 0 Å². The van der Waals surface area contributed by atoms with Crippen molar-refractivity contribution in [3.63, 3.8) is 0 Å². The van der Waals surface area contributed by atoms with Gasteiger partial charge in [0.1, 0.15) is 11.1 Å². The summed E-state index contributed by atoms with van der Waals surface area (Å²) in [6, 6.07) is 3.98. The van der Waals surface area contributed by atoms with Crippen LogP contribution in [0.25, 0.3) is 0 Å². The predicted octanol–water partition coefficient (Wildman–Crippen LogP) is 5.01. The van der Waals surface area contributed by atoms with E-state index in [9.17, 15) is 14.9 Å². The third kappa shape index (κ3) is 4.44. The van der Waals surface area contributed by atoms with Gasteiger partial charge in [-0.05, 0) is 49.1 Å². The van der Waals surface area contributed by atoms with Crippen LogP contribution in [-0.4, -0.2) is 17.0 Å². The first-order chi connectivity index (χ1) is 10.7. The molecule has 6 heteroatoms. The van der Waals surface area contributed by atoms with Gasteiger partial charge in [-0.2, -0.15) is 0 Å². The summed E-state index contributed by atoms with van der Waals surface area (Å²) in [5.41, 5.74) is 0.155. The largest absolute Gasteiger partial charge is 0.459 e. The lowest BCUT2D eigenvalue weighted by molar-refractivity contribution is -0.384. The molecule has 0 saturated heterocycles. The summed E-state index contributed by atoms with van der Waals surface area (Å²) in [7, 11) is 0. The molecule has 0 atom stereocenters. The molecule has 2 rings (SSSR count). The van der Waals surface area contributed by atoms with Crippen LogP contribution in [0.2, 0.25) is 5.02 Å². The summed E-state index contributed by atoms with van der Waals surface area (Å²) in [5, 5.41) is 10.9. The average Bonchev–Trinajstić information content (AvgIpc) is 2.47. The Morgan fingerprint density at radius 3 is 2.39 bits per heavy atom. The molecule has 1 saturated carbocycles. The minimum Gasteiger partial charge on any atom is -0.459 e. The van der Waals surface area contributed by atoms with E-state index in [1.165, 1.54) is 18.2 Å². The first-order valence-electron chi connectivity index (χ1n) is 7.83. The van der Waals surface area contributed by atoms with E-state index in [-0.39, 0.29) is 27.8 Å². The van der Waals surface area contributed by atoms with Crippen molar-refractivity contribution in [1.82, 2.24) is 0 Å². The Balaban J connectivity index is 1.98. The highest BCUT2D eigenvalue weighted by molar-refractivity contribution is 6.32. The first-order valence-corrected chi connectivity index (χ1v) is 8.21. The maximum absolute atomic E-state index is 12.2. The molecule has 0 bridgehead atoms. The molecule has 0 unspecified atom stereocenters. The molecule has 0 spiro atoms. The van der Waals surface area contributed by atoms with Gasteiger partial charge in [0.2, 0.25) is 0 Å². The molecule has 1 aromatic rings. The van der Waals surface area contributed by atoms with Crippen LogP contribution in [0.4, 0.5) is 5.69 Å². The Kier molecular flexibility index (Phi) is 5.30. The summed E-state index contributed by atoms with van der Waals surface area (Å²) in [6.07, 6.45) is 3.62. The zero-order valence-electron chi connectivity index (χ0n) is 13.7. The molecular weight excluding hydrogens is 318 g/mol. The van der Waals surface area contributed by atoms with Gasteiger partial charge in [-0.1, -0.05) is 32.4 Å². The van der Waals surface area contributed by atoms with Crippen molar-refractivity contribution in [1.29, 1.82) is 0 Å². The van der Waals surface area contributed by atoms with Gasteiger partial charge < -0.3 is 4.74 Å². The lowest BCUT2D eigenvalue weighted by Crippen LogP contribution is -2.30. The summed E-state index contributed by atoms with van der Waals surface area (Å²) in [5.74, 6) is 0.109. The monoisotopic (exact) mass is 339 g/mol. The highest BCUT2D eigenvalue weighted by atomic mass is 35.5. The van der Waals surface area contributed by atoms with E-state index in [0.29, 0.717) is 5.92 Å². The number of esters is 1. The lowest BCUT2D eigenvalue weighted by atomic mass is 9.72. The van der Waals surface area contributed by atoms with Gasteiger partial charge >= 0.3 is 5.97 Å². The van der Waals surface area contributed by atoms with Crippen LogP contribution in [0.3, 0.4) is 0 Å². The average molecular weight is 340 g/mol. The standard InChI is InChI=1S/C17H22ClNO4/c1-17(2,3)12-5-7-13(8-6-12)23-16(20)11-4-9-14(18)15(10-11)19(21)22/h4,9-10,12-13H,5-8H2,1-3H3. The molecule has 126 valence electrons. The second kappa shape index (κ2) is 6.87. The molecule has 1 aromatic carbocycles. The van der Waals surface area contributed by atoms with Crippen molar-refractivity contribution < 1.29 is 14.5 Å². The molecular formula is C17H22ClNO4. The second-order valence-electron chi connectivity index (χ2n) is 7.17. The van der Waals surface area contributed by atoms with Crippen molar-refractivity contribution in [2.24, 2.45) is 11.3 Å². The number of carbonyl (C=O) groups is 1. The van der Waals surface area contributed by atoms with Crippen LogP contribution in [0, 0.1) is 21.4 Å². The van der Waals surface area contributed by atoms with Crippen molar-refractivity contribution in [2.45, 2.75) is 52.6 Å². The van der Waals surface area contributed by atoms with Crippen LogP contribution >= 0.6 is 11.6 Å². The molecule has 5 nitrogen and oxygen atoms in total. The molecule has 0 N–H and O–H groups in total. The molecule has 1 aliphatic carbocycles. The van der Waals surface area contributed by atoms with Crippen LogP contribution in [-0.2, 0) is 4.74 Å². The Morgan fingerprint density at radius 2 is 1.87 bits per heavy atom. The van der Waals surface area contributed by atoms with Gasteiger partial charge in [-0.25, -0.2) is 4.79 Å². The molecule has 1 fully saturated rings. The SMILES string of the molecule is CC(C)(C)C1CCC(OC(=O)c2ccc(Cl)c([N+](=O)[O-])c2)CC1. The van der Waals surface area contributed by atoms with E-state index in [1.807, 2.05) is 0 Å². The van der Waals surface area contributed by atoms with Gasteiger partial charge in [0.25, 0.3) is 5.69 Å². The Bertz CT molecular complexity index is 601. The van der Waals surface area contributed by atoms with Crippen molar-refractivity contribution >= 4 is 23.3 Å². The number of nitro groups is 1. The third-order valence-electron chi connectivity index (χ3n) is 4.55. The number of hydrogen-bond acceptors (Lipinski definition) is 4. The van der Waals surface area contributed by atoms with Crippen molar-refractivity contribution in [2.75, 3.05) is 0 Å². The summed E-state index contributed by atoms with van der Waals surface area (Å²) in [6.45, 7) is 6.70. The summed E-state index contributed by atoms with van der Waals surface area (Å²) in [4.78, 5) is 22.5. The molecule has 23 heavy (non-hydrogen) atoms. The number of halogens is 1. The van der Waals surface area contributed by atoms with E-state index in [2.05, 4.69) is 20.8 Å². The number of nitrogens with zero attached hydrogens (tertiary/aromatic N) is 1. The Hall–Kier alpha value is -1.62. The number of hydrogen-bond donors (Lipinski definition) is 0. The highest BCUT2D eigenvalue weighted by Gasteiger charge is 2.31. The minimum atomic E-state index is -0.604. The molecule has 0 radical (unpaired) electrons. The first kappa shape index (κ1) is 17.7.